The number of carbonyl (C=O) groups is 4. The number of piperazine rings is 1. The molecule has 22 nitrogen and oxygen atoms in total. The molecule has 4 aliphatic heterocycles. The van der Waals surface area contributed by atoms with Crippen molar-refractivity contribution in [3.63, 3.8) is 0 Å². The van der Waals surface area contributed by atoms with Gasteiger partial charge in [0, 0.05) is 109 Å². The standard InChI is InChI=1S/C48H58N16O6/c1-28(2)64-46-38(43(49)52-27-53-46)39(55-64)40-37(42(70-57-40)31-7-8-31)44-50-23-32(24-51-44)30-11-16-62(17-12-30)48(68)69-26-36(66)61-14-9-29(10-15-61)25-59-19-21-60(22-20-59)34-6-4-5-33-41(34)58(3)56-45(33)63-18-13-35(65)54-47(63)67/h4-6,23-24,27-31H,7-22,25-26H2,1-3H3,(H2,49,52,53)(H,54,65,67). The molecular weight excluding hydrogens is 897 g/mol. The van der Waals surface area contributed by atoms with E-state index >= 15 is 0 Å². The van der Waals surface area contributed by atoms with Gasteiger partial charge >= 0.3 is 12.1 Å². The third-order valence-corrected chi connectivity index (χ3v) is 14.7. The molecule has 22 heteroatoms. The molecule has 4 saturated heterocycles. The Labute approximate surface area is 403 Å². The topological polar surface area (TPSA) is 245 Å². The van der Waals surface area contributed by atoms with Crippen molar-refractivity contribution in [2.24, 2.45) is 13.0 Å². The van der Waals surface area contributed by atoms with E-state index in [0.29, 0.717) is 96.9 Å². The summed E-state index contributed by atoms with van der Waals surface area (Å²) >= 11 is 0. The summed E-state index contributed by atoms with van der Waals surface area (Å²) < 4.78 is 15.2. The van der Waals surface area contributed by atoms with Gasteiger partial charge in [0.05, 0.1) is 22.2 Å². The van der Waals surface area contributed by atoms with E-state index in [4.69, 9.17) is 35.2 Å². The third kappa shape index (κ3) is 8.61. The first-order valence-corrected chi connectivity index (χ1v) is 24.5. The summed E-state index contributed by atoms with van der Waals surface area (Å²) in [6.45, 7) is 10.9. The van der Waals surface area contributed by atoms with Crippen molar-refractivity contribution in [2.75, 3.05) is 87.6 Å². The molecule has 9 heterocycles. The second-order valence-electron chi connectivity index (χ2n) is 19.5. The highest BCUT2D eigenvalue weighted by molar-refractivity contribution is 6.10. The molecule has 5 aromatic heterocycles. The van der Waals surface area contributed by atoms with Crippen LogP contribution in [0.25, 0.3) is 44.7 Å². The maximum absolute atomic E-state index is 13.2. The van der Waals surface area contributed by atoms with Crippen LogP contribution >= 0.6 is 0 Å². The summed E-state index contributed by atoms with van der Waals surface area (Å²) in [4.78, 5) is 79.1. The molecule has 70 heavy (non-hydrogen) atoms. The number of hydrogen-bond acceptors (Lipinski definition) is 16. The maximum Gasteiger partial charge on any atom is 0.410 e. The number of aromatic nitrogens is 9. The minimum Gasteiger partial charge on any atom is -0.439 e. The summed E-state index contributed by atoms with van der Waals surface area (Å²) in [7, 11) is 1.89. The molecule has 0 unspecified atom stereocenters. The highest BCUT2D eigenvalue weighted by Gasteiger charge is 2.37. The van der Waals surface area contributed by atoms with E-state index in [1.54, 1.807) is 9.80 Å². The van der Waals surface area contributed by atoms with Gasteiger partial charge in [-0.25, -0.2) is 34.2 Å². The van der Waals surface area contributed by atoms with E-state index in [2.05, 4.69) is 36.3 Å². The van der Waals surface area contributed by atoms with Crippen molar-refractivity contribution in [1.82, 2.24) is 64.7 Å². The number of nitrogen functional groups attached to an aromatic ring is 1. The largest absolute Gasteiger partial charge is 0.439 e. The molecule has 1 aliphatic carbocycles. The first-order valence-electron chi connectivity index (χ1n) is 24.5. The summed E-state index contributed by atoms with van der Waals surface area (Å²) in [5.74, 6) is 2.54. The normalized spacial score (nSPS) is 19.0. The molecule has 6 aromatic rings. The van der Waals surface area contributed by atoms with Gasteiger partial charge in [0.25, 0.3) is 5.91 Å². The predicted octanol–water partition coefficient (Wildman–Crippen LogP) is 4.69. The van der Waals surface area contributed by atoms with Crippen LogP contribution in [0, 0.1) is 5.92 Å². The number of aryl methyl sites for hydroxylation is 1. The molecule has 0 radical (unpaired) electrons. The van der Waals surface area contributed by atoms with Crippen LogP contribution in [-0.2, 0) is 21.4 Å². The fourth-order valence-corrected chi connectivity index (χ4v) is 10.6. The predicted molar refractivity (Wildman–Crippen MR) is 258 cm³/mol. The SMILES string of the molecule is CC(C)n1nc(-c2noc(C3CC3)c2-c2ncc(C3CCN(C(=O)OCC(=O)N4CCC(CN5CCN(c6cccc7c(N8CCC(=O)NC8=O)nn(C)c67)CC5)CC4)CC3)cn2)c2c(N)ncnc21. The summed E-state index contributed by atoms with van der Waals surface area (Å²) in [6, 6.07) is 5.66. The van der Waals surface area contributed by atoms with Gasteiger partial charge in [-0.05, 0) is 81.9 Å². The summed E-state index contributed by atoms with van der Waals surface area (Å²) in [5.41, 5.74) is 11.8. The van der Waals surface area contributed by atoms with E-state index in [1.807, 2.05) is 59.7 Å². The molecule has 366 valence electrons. The molecule has 5 aliphatic rings. The molecule has 1 saturated carbocycles. The van der Waals surface area contributed by atoms with E-state index in [-0.39, 0.29) is 42.7 Å². The van der Waals surface area contributed by atoms with Crippen molar-refractivity contribution in [3.8, 4) is 22.8 Å². The van der Waals surface area contributed by atoms with Crippen LogP contribution in [0.2, 0.25) is 0 Å². The first-order chi connectivity index (χ1) is 34.0. The number of carbonyl (C=O) groups excluding carboxylic acids is 4. The van der Waals surface area contributed by atoms with E-state index in [9.17, 15) is 19.2 Å². The number of nitrogens with zero attached hydrogens (tertiary/aromatic N) is 14. The van der Waals surface area contributed by atoms with Gasteiger partial charge in [-0.3, -0.25) is 29.4 Å². The quantitative estimate of drug-likeness (QED) is 0.179. The molecule has 5 amide bonds. The van der Waals surface area contributed by atoms with Crippen LogP contribution in [-0.4, -0.2) is 155 Å². The Morgan fingerprint density at radius 1 is 0.857 bits per heavy atom. The number of hydrogen-bond donors (Lipinski definition) is 2. The van der Waals surface area contributed by atoms with Crippen LogP contribution in [0.5, 0.6) is 0 Å². The number of urea groups is 1. The number of anilines is 3. The highest BCUT2D eigenvalue weighted by Crippen LogP contribution is 2.48. The van der Waals surface area contributed by atoms with Gasteiger partial charge in [0.15, 0.2) is 29.7 Å². The fraction of sp³-hybridized carbons (Fsp3) is 0.521. The van der Waals surface area contributed by atoms with Crippen LogP contribution in [0.15, 0.2) is 41.4 Å². The Morgan fingerprint density at radius 2 is 1.60 bits per heavy atom. The number of piperidine rings is 2. The molecule has 3 N–H and O–H groups in total. The van der Waals surface area contributed by atoms with Crippen LogP contribution in [0.3, 0.4) is 0 Å². The number of amides is 5. The Kier molecular flexibility index (Phi) is 12.0. The lowest BCUT2D eigenvalue weighted by Crippen LogP contribution is -2.49. The monoisotopic (exact) mass is 954 g/mol. The molecule has 5 fully saturated rings. The molecule has 0 spiro atoms. The van der Waals surface area contributed by atoms with Gasteiger partial charge in [0.2, 0.25) is 5.91 Å². The van der Waals surface area contributed by atoms with E-state index in [1.165, 1.54) is 6.33 Å². The van der Waals surface area contributed by atoms with E-state index < -0.39 is 12.1 Å². The number of imide groups is 1. The van der Waals surface area contributed by atoms with Crippen LogP contribution < -0.4 is 20.9 Å². The van der Waals surface area contributed by atoms with Crippen LogP contribution in [0.4, 0.5) is 26.9 Å². The zero-order valence-electron chi connectivity index (χ0n) is 39.8. The van der Waals surface area contributed by atoms with Gasteiger partial charge in [0.1, 0.15) is 23.5 Å². The van der Waals surface area contributed by atoms with Crippen molar-refractivity contribution < 1.29 is 28.4 Å². The Morgan fingerprint density at radius 3 is 2.31 bits per heavy atom. The minimum absolute atomic E-state index is 0.0195. The number of likely N-dealkylation sites (tertiary alicyclic amines) is 2. The molecule has 0 atom stereocenters. The van der Waals surface area contributed by atoms with Crippen molar-refractivity contribution in [2.45, 2.75) is 76.7 Å². The van der Waals surface area contributed by atoms with Crippen LogP contribution in [0.1, 0.15) is 88.0 Å². The number of ether oxygens (including phenoxy) is 1. The van der Waals surface area contributed by atoms with Gasteiger partial charge in [-0.2, -0.15) is 10.2 Å². The molecular formula is C48H58N16O6. The van der Waals surface area contributed by atoms with Crippen molar-refractivity contribution in [3.05, 3.63) is 48.2 Å². The lowest BCUT2D eigenvalue weighted by atomic mass is 9.91. The smallest absolute Gasteiger partial charge is 0.410 e. The summed E-state index contributed by atoms with van der Waals surface area (Å²) in [5, 5.41) is 18.0. The zero-order chi connectivity index (χ0) is 48.2. The number of para-hydroxylation sites is 1. The number of fused-ring (bicyclic) bond motifs is 2. The number of benzene rings is 1. The second kappa shape index (κ2) is 18.6. The third-order valence-electron chi connectivity index (χ3n) is 14.7. The molecule has 1 aromatic carbocycles. The Bertz CT molecular complexity index is 2960. The Balaban J connectivity index is 0.633. The fourth-order valence-electron chi connectivity index (χ4n) is 10.6. The lowest BCUT2D eigenvalue weighted by molar-refractivity contribution is -0.136. The second-order valence-corrected chi connectivity index (χ2v) is 19.5. The van der Waals surface area contributed by atoms with Gasteiger partial charge < -0.3 is 29.7 Å². The minimum atomic E-state index is -0.467. The molecule has 11 rings (SSSR count). The lowest BCUT2D eigenvalue weighted by Gasteiger charge is -2.39. The highest BCUT2D eigenvalue weighted by atomic mass is 16.6. The number of nitrogens with two attached hydrogens (primary N) is 1. The average Bonchev–Trinajstić information content (AvgIpc) is 3.85. The van der Waals surface area contributed by atoms with E-state index in [0.717, 1.165) is 86.3 Å². The van der Waals surface area contributed by atoms with Crippen molar-refractivity contribution in [1.29, 1.82) is 0 Å². The van der Waals surface area contributed by atoms with Gasteiger partial charge in [-0.1, -0.05) is 11.2 Å². The maximum atomic E-state index is 13.2. The number of rotatable bonds is 11. The molecule has 0 bridgehead atoms. The Hall–Kier alpha value is -7.23. The average molecular weight is 955 g/mol. The zero-order valence-corrected chi connectivity index (χ0v) is 39.8. The van der Waals surface area contributed by atoms with Gasteiger partial charge in [-0.15, -0.1) is 0 Å². The summed E-state index contributed by atoms with van der Waals surface area (Å²) in [6.07, 6.45) is 10.1. The first kappa shape index (κ1) is 45.2. The van der Waals surface area contributed by atoms with Crippen molar-refractivity contribution >= 4 is 63.2 Å². The number of nitrogens with one attached hydrogen (secondary N) is 1.